The molecule has 1 N–H and O–H groups in total. The van der Waals surface area contributed by atoms with Crippen LogP contribution in [0.25, 0.3) is 0 Å². The Labute approximate surface area is 122 Å². The van der Waals surface area contributed by atoms with Gasteiger partial charge in [-0.25, -0.2) is 0 Å². The van der Waals surface area contributed by atoms with E-state index < -0.39 is 0 Å². The van der Waals surface area contributed by atoms with Crippen LogP contribution in [-0.2, 0) is 17.8 Å². The molecule has 114 valence electrons. The van der Waals surface area contributed by atoms with Crippen molar-refractivity contribution in [3.8, 4) is 0 Å². The van der Waals surface area contributed by atoms with Crippen molar-refractivity contribution in [2.24, 2.45) is 5.92 Å². The molecule has 2 heterocycles. The van der Waals surface area contributed by atoms with Crippen LogP contribution in [0.15, 0.2) is 16.7 Å². The molecule has 2 rings (SSSR count). The zero-order valence-corrected chi connectivity index (χ0v) is 13.0. The van der Waals surface area contributed by atoms with Gasteiger partial charge in [-0.3, -0.25) is 4.90 Å². The van der Waals surface area contributed by atoms with Gasteiger partial charge in [0.1, 0.15) is 5.76 Å². The van der Waals surface area contributed by atoms with Gasteiger partial charge in [0.15, 0.2) is 0 Å². The van der Waals surface area contributed by atoms with Crippen LogP contribution in [0.4, 0.5) is 0 Å². The highest BCUT2D eigenvalue weighted by molar-refractivity contribution is 5.17. The number of rotatable bonds is 7. The highest BCUT2D eigenvalue weighted by Crippen LogP contribution is 2.22. The molecule has 1 aliphatic heterocycles. The SMILES string of the molecule is CCCNCc1occc1CN1CCC(C)C(OC)C1. The molecule has 4 heteroatoms. The molecular weight excluding hydrogens is 252 g/mol. The predicted molar refractivity (Wildman–Crippen MR) is 80.6 cm³/mol. The minimum absolute atomic E-state index is 0.359. The van der Waals surface area contributed by atoms with Gasteiger partial charge in [-0.1, -0.05) is 13.8 Å². The van der Waals surface area contributed by atoms with Gasteiger partial charge in [-0.15, -0.1) is 0 Å². The van der Waals surface area contributed by atoms with E-state index in [-0.39, 0.29) is 0 Å². The second-order valence-corrected chi connectivity index (χ2v) is 5.82. The van der Waals surface area contributed by atoms with Gasteiger partial charge in [-0.2, -0.15) is 0 Å². The molecule has 0 amide bonds. The monoisotopic (exact) mass is 280 g/mol. The number of methoxy groups -OCH3 is 1. The molecule has 0 radical (unpaired) electrons. The first-order valence-corrected chi connectivity index (χ1v) is 7.75. The summed E-state index contributed by atoms with van der Waals surface area (Å²) in [5.74, 6) is 1.73. The molecule has 0 saturated carbocycles. The van der Waals surface area contributed by atoms with Crippen LogP contribution >= 0.6 is 0 Å². The molecule has 1 aliphatic rings. The van der Waals surface area contributed by atoms with Crippen molar-refractivity contribution in [1.29, 1.82) is 0 Å². The molecule has 20 heavy (non-hydrogen) atoms. The molecule has 0 aromatic carbocycles. The van der Waals surface area contributed by atoms with Crippen molar-refractivity contribution >= 4 is 0 Å². The Balaban J connectivity index is 1.88. The Hall–Kier alpha value is -0.840. The van der Waals surface area contributed by atoms with Crippen LogP contribution in [0.1, 0.15) is 38.0 Å². The Kier molecular flexibility index (Phi) is 6.07. The quantitative estimate of drug-likeness (QED) is 0.779. The second-order valence-electron chi connectivity index (χ2n) is 5.82. The van der Waals surface area contributed by atoms with Crippen LogP contribution in [0.2, 0.25) is 0 Å². The van der Waals surface area contributed by atoms with Crippen molar-refractivity contribution in [1.82, 2.24) is 10.2 Å². The fourth-order valence-corrected chi connectivity index (χ4v) is 2.83. The maximum atomic E-state index is 5.61. The average Bonchev–Trinajstić information content (AvgIpc) is 2.88. The molecule has 0 spiro atoms. The molecule has 4 nitrogen and oxygen atoms in total. The van der Waals surface area contributed by atoms with Crippen LogP contribution in [0, 0.1) is 5.92 Å². The zero-order chi connectivity index (χ0) is 14.4. The van der Waals surface area contributed by atoms with Gasteiger partial charge in [0.25, 0.3) is 0 Å². The Morgan fingerprint density at radius 1 is 1.50 bits per heavy atom. The largest absolute Gasteiger partial charge is 0.468 e. The molecular formula is C16H28N2O2. The smallest absolute Gasteiger partial charge is 0.122 e. The summed E-state index contributed by atoms with van der Waals surface area (Å²) in [6.07, 6.45) is 4.52. The Bertz CT molecular complexity index is 392. The predicted octanol–water partition coefficient (Wildman–Crippen LogP) is 2.64. The summed E-state index contributed by atoms with van der Waals surface area (Å²) in [6, 6.07) is 2.10. The highest BCUT2D eigenvalue weighted by atomic mass is 16.5. The van der Waals surface area contributed by atoms with E-state index >= 15 is 0 Å². The van der Waals surface area contributed by atoms with Crippen LogP contribution in [0.5, 0.6) is 0 Å². The van der Waals surface area contributed by atoms with Gasteiger partial charge in [0, 0.05) is 25.8 Å². The van der Waals surface area contributed by atoms with E-state index in [9.17, 15) is 0 Å². The van der Waals surface area contributed by atoms with Crippen LogP contribution < -0.4 is 5.32 Å². The number of ether oxygens (including phenoxy) is 1. The summed E-state index contributed by atoms with van der Waals surface area (Å²) in [6.45, 7) is 9.45. The van der Waals surface area contributed by atoms with Crippen molar-refractivity contribution in [2.75, 3.05) is 26.7 Å². The topological polar surface area (TPSA) is 37.6 Å². The first kappa shape index (κ1) is 15.5. The third-order valence-corrected chi connectivity index (χ3v) is 4.22. The van der Waals surface area contributed by atoms with Crippen molar-refractivity contribution in [2.45, 2.75) is 45.9 Å². The average molecular weight is 280 g/mol. The molecule has 1 saturated heterocycles. The summed E-state index contributed by atoms with van der Waals surface area (Å²) >= 11 is 0. The number of furan rings is 1. The Morgan fingerprint density at radius 2 is 2.35 bits per heavy atom. The van der Waals surface area contributed by atoms with Crippen molar-refractivity contribution < 1.29 is 9.15 Å². The van der Waals surface area contributed by atoms with Crippen LogP contribution in [0.3, 0.4) is 0 Å². The van der Waals surface area contributed by atoms with E-state index in [1.807, 2.05) is 7.11 Å². The molecule has 2 unspecified atom stereocenters. The van der Waals surface area contributed by atoms with E-state index in [4.69, 9.17) is 9.15 Å². The van der Waals surface area contributed by atoms with Crippen molar-refractivity contribution in [3.63, 3.8) is 0 Å². The fraction of sp³-hybridized carbons (Fsp3) is 0.750. The van der Waals surface area contributed by atoms with E-state index in [2.05, 4.69) is 30.1 Å². The fourth-order valence-electron chi connectivity index (χ4n) is 2.83. The second kappa shape index (κ2) is 7.81. The van der Waals surface area contributed by atoms with E-state index in [1.54, 1.807) is 6.26 Å². The molecule has 1 aromatic heterocycles. The van der Waals surface area contributed by atoms with E-state index in [0.29, 0.717) is 12.0 Å². The van der Waals surface area contributed by atoms with Gasteiger partial charge in [-0.05, 0) is 37.9 Å². The van der Waals surface area contributed by atoms with Gasteiger partial charge in [0.05, 0.1) is 18.9 Å². The minimum atomic E-state index is 0.359. The summed E-state index contributed by atoms with van der Waals surface area (Å²) in [4.78, 5) is 2.47. The molecule has 0 aliphatic carbocycles. The lowest BCUT2D eigenvalue weighted by atomic mass is 9.95. The number of nitrogens with zero attached hydrogens (tertiary/aromatic N) is 1. The zero-order valence-electron chi connectivity index (χ0n) is 13.0. The van der Waals surface area contributed by atoms with Gasteiger partial charge in [0.2, 0.25) is 0 Å². The minimum Gasteiger partial charge on any atom is -0.468 e. The van der Waals surface area contributed by atoms with Gasteiger partial charge >= 0.3 is 0 Å². The van der Waals surface area contributed by atoms with E-state index in [1.165, 1.54) is 12.0 Å². The molecule has 1 fully saturated rings. The summed E-state index contributed by atoms with van der Waals surface area (Å²) in [5, 5.41) is 3.41. The lowest BCUT2D eigenvalue weighted by molar-refractivity contribution is -0.00759. The molecule has 2 atom stereocenters. The summed E-state index contributed by atoms with van der Waals surface area (Å²) < 4.78 is 11.2. The summed E-state index contributed by atoms with van der Waals surface area (Å²) in [5.41, 5.74) is 1.30. The number of nitrogens with one attached hydrogen (secondary N) is 1. The first-order chi connectivity index (χ1) is 9.74. The first-order valence-electron chi connectivity index (χ1n) is 7.75. The molecule has 1 aromatic rings. The van der Waals surface area contributed by atoms with Crippen molar-refractivity contribution in [3.05, 3.63) is 23.7 Å². The molecule has 0 bridgehead atoms. The third-order valence-electron chi connectivity index (χ3n) is 4.22. The highest BCUT2D eigenvalue weighted by Gasteiger charge is 2.26. The van der Waals surface area contributed by atoms with Crippen LogP contribution in [-0.4, -0.2) is 37.7 Å². The lowest BCUT2D eigenvalue weighted by Gasteiger charge is -2.36. The van der Waals surface area contributed by atoms with Gasteiger partial charge < -0.3 is 14.5 Å². The maximum absolute atomic E-state index is 5.61. The number of likely N-dealkylation sites (tertiary alicyclic amines) is 1. The normalized spacial score (nSPS) is 24.1. The third kappa shape index (κ3) is 4.08. The Morgan fingerprint density at radius 3 is 3.10 bits per heavy atom. The van der Waals surface area contributed by atoms with E-state index in [0.717, 1.165) is 44.9 Å². The standard InChI is InChI=1S/C16H28N2O2/c1-4-7-17-10-15-14(6-9-20-15)11-18-8-5-13(2)16(12-18)19-3/h6,9,13,16-17H,4-5,7-8,10-12H2,1-3H3. The number of hydrogen-bond acceptors (Lipinski definition) is 4. The maximum Gasteiger partial charge on any atom is 0.122 e. The lowest BCUT2D eigenvalue weighted by Crippen LogP contribution is -2.43. The summed E-state index contributed by atoms with van der Waals surface area (Å²) in [7, 11) is 1.82. The number of piperidine rings is 1. The number of hydrogen-bond donors (Lipinski definition) is 1.